The van der Waals surface area contributed by atoms with E-state index in [1.807, 2.05) is 44.2 Å². The zero-order chi connectivity index (χ0) is 29.1. The monoisotopic (exact) mass is 627 g/mol. The molecule has 0 saturated carbocycles. The van der Waals surface area contributed by atoms with E-state index in [1.54, 1.807) is 24.3 Å². The number of nitrogens with zero attached hydrogens (tertiary/aromatic N) is 1. The lowest BCUT2D eigenvalue weighted by molar-refractivity contribution is -0.145. The molecule has 0 aliphatic carbocycles. The molecule has 2 bridgehead atoms. The summed E-state index contributed by atoms with van der Waals surface area (Å²) in [5.74, 6) is -1.94. The molecule has 9 nitrogen and oxygen atoms in total. The molecule has 10 heteroatoms. The van der Waals surface area contributed by atoms with E-state index in [4.69, 9.17) is 9.47 Å². The Hall–Kier alpha value is -2.95. The number of anilines is 1. The van der Waals surface area contributed by atoms with E-state index in [0.717, 1.165) is 18.4 Å². The van der Waals surface area contributed by atoms with Gasteiger partial charge in [-0.25, -0.2) is 0 Å². The molecular formula is C31H38BrN3O6. The molecule has 3 amide bonds. The Kier molecular flexibility index (Phi) is 9.01. The number of nitrogens with one attached hydrogen (secondary N) is 2. The smallest absolute Gasteiger partial charge is 0.245 e. The Balaban J connectivity index is 1.47. The molecule has 0 radical (unpaired) electrons. The number of aliphatic hydroxyl groups excluding tert-OH is 1. The molecule has 220 valence electrons. The van der Waals surface area contributed by atoms with Crippen LogP contribution in [0.4, 0.5) is 5.69 Å². The molecule has 3 unspecified atom stereocenters. The second-order valence-corrected chi connectivity index (χ2v) is 12.2. The van der Waals surface area contributed by atoms with Gasteiger partial charge in [0.2, 0.25) is 17.7 Å². The van der Waals surface area contributed by atoms with Gasteiger partial charge in [-0.05, 0) is 56.0 Å². The number of hydrogen-bond acceptors (Lipinski definition) is 6. The number of carbonyl (C=O) groups excluding carboxylic acids is 3. The van der Waals surface area contributed by atoms with Crippen LogP contribution < -0.4 is 15.4 Å². The summed E-state index contributed by atoms with van der Waals surface area (Å²) in [5.41, 5.74) is 0.333. The van der Waals surface area contributed by atoms with E-state index in [-0.39, 0.29) is 29.2 Å². The van der Waals surface area contributed by atoms with Crippen LogP contribution in [0.5, 0.6) is 5.75 Å². The van der Waals surface area contributed by atoms with Crippen molar-refractivity contribution in [1.82, 2.24) is 10.2 Å². The molecule has 0 aromatic heterocycles. The summed E-state index contributed by atoms with van der Waals surface area (Å²) >= 11 is 3.70. The van der Waals surface area contributed by atoms with Crippen molar-refractivity contribution in [3.05, 3.63) is 60.2 Å². The zero-order valence-electron chi connectivity index (χ0n) is 23.4. The highest BCUT2D eigenvalue weighted by molar-refractivity contribution is 9.09. The highest BCUT2D eigenvalue weighted by Gasteiger charge is 2.77. The number of ether oxygens (including phenoxy) is 2. The minimum atomic E-state index is -1.18. The van der Waals surface area contributed by atoms with Gasteiger partial charge >= 0.3 is 0 Å². The number of aliphatic hydroxyl groups is 1. The number of likely N-dealkylation sites (tertiary alicyclic amines) is 1. The number of carbonyl (C=O) groups is 3. The summed E-state index contributed by atoms with van der Waals surface area (Å²) in [7, 11) is 0. The summed E-state index contributed by atoms with van der Waals surface area (Å²) in [6.07, 6.45) is 1.92. The Morgan fingerprint density at radius 2 is 1.88 bits per heavy atom. The van der Waals surface area contributed by atoms with E-state index >= 15 is 0 Å². The van der Waals surface area contributed by atoms with Crippen molar-refractivity contribution >= 4 is 39.3 Å². The standard InChI is InChI=1S/C31H38BrN3O6/c1-3-5-15-33-29(38)27-31-17-23(32)26(41-31)24(28(37)34-20-11-13-22(14-12-20)40-4-2)25(31)30(39)35(27)21(18-36)16-19-9-7-6-8-10-19/h6-14,21,23-27,36H,3-5,15-18H2,1-2H3,(H,33,38)(H,34,37)/t21-,23?,24+,25+,26+,27?,31?/m1/s1. The first kappa shape index (κ1) is 29.5. The fourth-order valence-corrected chi connectivity index (χ4v) is 7.65. The number of fused-ring (bicyclic) bond motifs is 1. The molecule has 3 N–H and O–H groups in total. The van der Waals surface area contributed by atoms with E-state index in [0.29, 0.717) is 37.4 Å². The van der Waals surface area contributed by atoms with Crippen molar-refractivity contribution in [2.24, 2.45) is 11.8 Å². The Labute approximate surface area is 249 Å². The van der Waals surface area contributed by atoms with Gasteiger partial charge in [0.1, 0.15) is 17.4 Å². The normalized spacial score (nSPS) is 28.8. The van der Waals surface area contributed by atoms with E-state index < -0.39 is 35.6 Å². The zero-order valence-corrected chi connectivity index (χ0v) is 25.0. The first-order chi connectivity index (χ1) is 19.8. The average molecular weight is 629 g/mol. The van der Waals surface area contributed by atoms with Crippen LogP contribution >= 0.6 is 15.9 Å². The topological polar surface area (TPSA) is 117 Å². The maximum atomic E-state index is 14.3. The molecular weight excluding hydrogens is 590 g/mol. The Morgan fingerprint density at radius 1 is 1.15 bits per heavy atom. The summed E-state index contributed by atoms with van der Waals surface area (Å²) in [4.78, 5) is 43.3. The molecule has 3 fully saturated rings. The summed E-state index contributed by atoms with van der Waals surface area (Å²) < 4.78 is 12.1. The Morgan fingerprint density at radius 3 is 2.54 bits per heavy atom. The van der Waals surface area contributed by atoms with E-state index in [2.05, 4.69) is 26.6 Å². The number of halogens is 1. The number of unbranched alkanes of at least 4 members (excludes halogenated alkanes) is 1. The molecule has 3 aliphatic rings. The molecule has 41 heavy (non-hydrogen) atoms. The van der Waals surface area contributed by atoms with Crippen LogP contribution in [0.3, 0.4) is 0 Å². The Bertz CT molecular complexity index is 1240. The minimum Gasteiger partial charge on any atom is -0.494 e. The van der Waals surface area contributed by atoms with Crippen LogP contribution in [0.25, 0.3) is 0 Å². The largest absolute Gasteiger partial charge is 0.494 e. The van der Waals surface area contributed by atoms with Crippen LogP contribution in [0.15, 0.2) is 54.6 Å². The van der Waals surface area contributed by atoms with Crippen LogP contribution in [-0.4, -0.2) is 76.1 Å². The third kappa shape index (κ3) is 5.49. The predicted molar refractivity (Wildman–Crippen MR) is 158 cm³/mol. The molecule has 2 aromatic rings. The van der Waals surface area contributed by atoms with Gasteiger partial charge in [0, 0.05) is 17.1 Å². The number of alkyl halides is 1. The SMILES string of the molecule is CCCCNC(=O)C1N([C@@H](CO)Cc2ccccc2)C(=O)[C@@H]2[C@H](C(=O)Nc3ccc(OCC)cc3)[C@H]3OC12CC3Br. The van der Waals surface area contributed by atoms with Gasteiger partial charge in [0.05, 0.1) is 37.2 Å². The average Bonchev–Trinajstić information content (AvgIpc) is 3.57. The number of rotatable bonds is 12. The van der Waals surface area contributed by atoms with Crippen LogP contribution in [0.2, 0.25) is 0 Å². The highest BCUT2D eigenvalue weighted by Crippen LogP contribution is 2.60. The molecule has 2 aromatic carbocycles. The fraction of sp³-hybridized carbons (Fsp3) is 0.516. The summed E-state index contributed by atoms with van der Waals surface area (Å²) in [5, 5.41) is 16.5. The van der Waals surface area contributed by atoms with Gasteiger partial charge in [-0.15, -0.1) is 0 Å². The number of benzene rings is 2. The van der Waals surface area contributed by atoms with Crippen LogP contribution in [0, 0.1) is 11.8 Å². The second-order valence-electron chi connectivity index (χ2n) is 11.0. The highest BCUT2D eigenvalue weighted by atomic mass is 79.9. The van der Waals surface area contributed by atoms with Gasteiger partial charge in [-0.1, -0.05) is 59.6 Å². The maximum absolute atomic E-state index is 14.3. The quantitative estimate of drug-likeness (QED) is 0.246. The van der Waals surface area contributed by atoms with E-state index in [9.17, 15) is 19.5 Å². The van der Waals surface area contributed by atoms with Crippen molar-refractivity contribution in [2.75, 3.05) is 25.1 Å². The van der Waals surface area contributed by atoms with Crippen LogP contribution in [0.1, 0.15) is 38.7 Å². The minimum absolute atomic E-state index is 0.213. The third-order valence-corrected chi connectivity index (χ3v) is 9.30. The van der Waals surface area contributed by atoms with Crippen molar-refractivity contribution in [3.8, 4) is 5.75 Å². The molecule has 3 saturated heterocycles. The van der Waals surface area contributed by atoms with Crippen LogP contribution in [-0.2, 0) is 25.5 Å². The summed E-state index contributed by atoms with van der Waals surface area (Å²) in [6.45, 7) is 4.62. The van der Waals surface area contributed by atoms with Crippen molar-refractivity contribution in [3.63, 3.8) is 0 Å². The maximum Gasteiger partial charge on any atom is 0.245 e. The molecule has 3 heterocycles. The molecule has 3 aliphatic heterocycles. The lowest BCUT2D eigenvalue weighted by Gasteiger charge is -2.37. The number of amides is 3. The fourth-order valence-electron chi connectivity index (χ4n) is 6.71. The second kappa shape index (κ2) is 12.5. The van der Waals surface area contributed by atoms with Gasteiger partial charge in [-0.3, -0.25) is 14.4 Å². The van der Waals surface area contributed by atoms with Crippen molar-refractivity contribution < 1.29 is 29.0 Å². The van der Waals surface area contributed by atoms with Gasteiger partial charge in [-0.2, -0.15) is 0 Å². The van der Waals surface area contributed by atoms with E-state index in [1.165, 1.54) is 4.90 Å². The first-order valence-electron chi connectivity index (χ1n) is 14.4. The molecule has 5 rings (SSSR count). The lowest BCUT2D eigenvalue weighted by atomic mass is 9.70. The molecule has 7 atom stereocenters. The van der Waals surface area contributed by atoms with Crippen molar-refractivity contribution in [1.29, 1.82) is 0 Å². The third-order valence-electron chi connectivity index (χ3n) is 8.46. The van der Waals surface area contributed by atoms with Gasteiger partial charge in [0.25, 0.3) is 0 Å². The lowest BCUT2D eigenvalue weighted by Crippen LogP contribution is -2.58. The summed E-state index contributed by atoms with van der Waals surface area (Å²) in [6, 6.07) is 15.0. The van der Waals surface area contributed by atoms with Crippen molar-refractivity contribution in [2.45, 2.75) is 68.1 Å². The van der Waals surface area contributed by atoms with Gasteiger partial charge < -0.3 is 30.1 Å². The molecule has 1 spiro atoms. The number of hydrogen-bond donors (Lipinski definition) is 3. The van der Waals surface area contributed by atoms with Gasteiger partial charge in [0.15, 0.2) is 0 Å². The predicted octanol–water partition coefficient (Wildman–Crippen LogP) is 3.29. The first-order valence-corrected chi connectivity index (χ1v) is 15.4.